The van der Waals surface area contributed by atoms with Gasteiger partial charge in [-0.05, 0) is 12.1 Å². The molecule has 0 saturated heterocycles. The second-order valence-electron chi connectivity index (χ2n) is 2.11. The van der Waals surface area contributed by atoms with E-state index in [2.05, 4.69) is 0 Å². The van der Waals surface area contributed by atoms with Crippen LogP contribution in [0.3, 0.4) is 0 Å². The van der Waals surface area contributed by atoms with Gasteiger partial charge in [0.1, 0.15) is 10.7 Å². The van der Waals surface area contributed by atoms with Crippen molar-refractivity contribution in [2.24, 2.45) is 0 Å². The van der Waals surface area contributed by atoms with Crippen molar-refractivity contribution in [1.29, 1.82) is 5.26 Å². The SMILES string of the molecule is N#Cc1cccc(F)c1C(Cl)Cl. The zero-order chi connectivity index (χ0) is 9.14. The molecule has 0 aliphatic carbocycles. The van der Waals surface area contributed by atoms with Crippen LogP contribution in [0.25, 0.3) is 0 Å². The molecular weight excluding hydrogens is 200 g/mol. The lowest BCUT2D eigenvalue weighted by atomic mass is 10.1. The quantitative estimate of drug-likeness (QED) is 0.644. The smallest absolute Gasteiger partial charge is 0.136 e. The molecule has 0 N–H and O–H groups in total. The fourth-order valence-corrected chi connectivity index (χ4v) is 1.30. The average Bonchev–Trinajstić information content (AvgIpc) is 2.03. The maximum absolute atomic E-state index is 13.0. The highest BCUT2D eigenvalue weighted by molar-refractivity contribution is 6.44. The lowest BCUT2D eigenvalue weighted by Crippen LogP contribution is -1.93. The van der Waals surface area contributed by atoms with Crippen LogP contribution in [-0.2, 0) is 0 Å². The second-order valence-corrected chi connectivity index (χ2v) is 3.21. The number of halogens is 3. The van der Waals surface area contributed by atoms with E-state index in [1.54, 1.807) is 0 Å². The number of hydrogen-bond donors (Lipinski definition) is 0. The minimum absolute atomic E-state index is 0.0448. The van der Waals surface area contributed by atoms with E-state index in [-0.39, 0.29) is 11.1 Å². The molecule has 0 saturated carbocycles. The Hall–Kier alpha value is -0.780. The Balaban J connectivity index is 3.32. The monoisotopic (exact) mass is 203 g/mol. The van der Waals surface area contributed by atoms with Gasteiger partial charge < -0.3 is 0 Å². The van der Waals surface area contributed by atoms with Crippen LogP contribution in [0.4, 0.5) is 4.39 Å². The first-order chi connectivity index (χ1) is 5.66. The molecule has 0 radical (unpaired) electrons. The van der Waals surface area contributed by atoms with E-state index in [0.717, 1.165) is 0 Å². The summed E-state index contributed by atoms with van der Waals surface area (Å²) in [5.41, 5.74) is 0.216. The molecule has 1 rings (SSSR count). The van der Waals surface area contributed by atoms with Crippen molar-refractivity contribution in [3.8, 4) is 6.07 Å². The molecule has 0 unspecified atom stereocenters. The van der Waals surface area contributed by atoms with Gasteiger partial charge in [-0.15, -0.1) is 0 Å². The normalized spacial score (nSPS) is 9.92. The van der Waals surface area contributed by atoms with Crippen LogP contribution >= 0.6 is 23.2 Å². The molecule has 0 aliphatic rings. The van der Waals surface area contributed by atoms with Gasteiger partial charge in [-0.1, -0.05) is 29.3 Å². The Bertz CT molecular complexity index is 330. The highest BCUT2D eigenvalue weighted by Gasteiger charge is 2.14. The van der Waals surface area contributed by atoms with Crippen LogP contribution in [0, 0.1) is 17.1 Å². The highest BCUT2D eigenvalue weighted by Crippen LogP contribution is 2.29. The molecular formula is C8H4Cl2FN. The van der Waals surface area contributed by atoms with Crippen molar-refractivity contribution in [2.75, 3.05) is 0 Å². The summed E-state index contributed by atoms with van der Waals surface area (Å²) in [4.78, 5) is -0.999. The number of rotatable bonds is 1. The van der Waals surface area contributed by atoms with Gasteiger partial charge in [-0.2, -0.15) is 5.26 Å². The van der Waals surface area contributed by atoms with Crippen molar-refractivity contribution in [1.82, 2.24) is 0 Å². The molecule has 62 valence electrons. The molecule has 1 nitrogen and oxygen atoms in total. The number of nitriles is 1. The van der Waals surface area contributed by atoms with E-state index in [9.17, 15) is 4.39 Å². The highest BCUT2D eigenvalue weighted by atomic mass is 35.5. The van der Waals surface area contributed by atoms with Gasteiger partial charge in [0.05, 0.1) is 11.6 Å². The molecule has 0 amide bonds. The van der Waals surface area contributed by atoms with Crippen LogP contribution in [0.1, 0.15) is 16.0 Å². The summed E-state index contributed by atoms with van der Waals surface area (Å²) in [6.45, 7) is 0. The third-order valence-corrected chi connectivity index (χ3v) is 1.83. The van der Waals surface area contributed by atoms with Gasteiger partial charge in [0.15, 0.2) is 0 Å². The molecule has 0 atom stereocenters. The Morgan fingerprint density at radius 3 is 2.50 bits per heavy atom. The van der Waals surface area contributed by atoms with Crippen molar-refractivity contribution in [2.45, 2.75) is 4.84 Å². The molecule has 1 aromatic rings. The fraction of sp³-hybridized carbons (Fsp3) is 0.125. The van der Waals surface area contributed by atoms with Gasteiger partial charge >= 0.3 is 0 Å². The molecule has 0 aromatic heterocycles. The molecule has 0 fully saturated rings. The van der Waals surface area contributed by atoms with Crippen molar-refractivity contribution in [3.05, 3.63) is 35.1 Å². The number of alkyl halides is 2. The van der Waals surface area contributed by atoms with Crippen molar-refractivity contribution >= 4 is 23.2 Å². The number of hydrogen-bond acceptors (Lipinski definition) is 1. The average molecular weight is 204 g/mol. The van der Waals surface area contributed by atoms with Crippen LogP contribution in [0.2, 0.25) is 0 Å². The lowest BCUT2D eigenvalue weighted by molar-refractivity contribution is 0.615. The van der Waals surface area contributed by atoms with Gasteiger partial charge in [-0.3, -0.25) is 0 Å². The van der Waals surface area contributed by atoms with E-state index >= 15 is 0 Å². The summed E-state index contributed by atoms with van der Waals surface area (Å²) in [6, 6.07) is 5.93. The minimum Gasteiger partial charge on any atom is -0.207 e. The standard InChI is InChI=1S/C8H4Cl2FN/c9-8(10)7-5(4-12)2-1-3-6(7)11/h1-3,8H. The lowest BCUT2D eigenvalue weighted by Gasteiger charge is -2.04. The van der Waals surface area contributed by atoms with E-state index in [4.69, 9.17) is 28.5 Å². The molecule has 0 bridgehead atoms. The van der Waals surface area contributed by atoms with Crippen LogP contribution in [-0.4, -0.2) is 0 Å². The number of benzene rings is 1. The van der Waals surface area contributed by atoms with Gasteiger partial charge in [0.25, 0.3) is 0 Å². The molecule has 0 aliphatic heterocycles. The van der Waals surface area contributed by atoms with Crippen molar-refractivity contribution in [3.63, 3.8) is 0 Å². The summed E-state index contributed by atoms with van der Waals surface area (Å²) in [6.07, 6.45) is 0. The summed E-state index contributed by atoms with van der Waals surface area (Å²) < 4.78 is 13.0. The third kappa shape index (κ3) is 1.69. The molecule has 4 heteroatoms. The molecule has 0 heterocycles. The van der Waals surface area contributed by atoms with Gasteiger partial charge in [-0.25, -0.2) is 4.39 Å². The first-order valence-electron chi connectivity index (χ1n) is 3.13. The maximum Gasteiger partial charge on any atom is 0.136 e. The molecule has 0 spiro atoms. The zero-order valence-electron chi connectivity index (χ0n) is 5.89. The predicted octanol–water partition coefficient (Wildman–Crippen LogP) is 3.17. The Labute approximate surface area is 79.3 Å². The zero-order valence-corrected chi connectivity index (χ0v) is 7.40. The molecule has 1 aromatic carbocycles. The number of nitrogens with zero attached hydrogens (tertiary/aromatic N) is 1. The predicted molar refractivity (Wildman–Crippen MR) is 45.6 cm³/mol. The first kappa shape index (κ1) is 9.31. The van der Waals surface area contributed by atoms with Crippen LogP contribution in [0.15, 0.2) is 18.2 Å². The fourth-order valence-electron chi connectivity index (χ4n) is 0.856. The van der Waals surface area contributed by atoms with E-state index in [0.29, 0.717) is 0 Å². The molecule has 12 heavy (non-hydrogen) atoms. The summed E-state index contributed by atoms with van der Waals surface area (Å²) in [5, 5.41) is 8.56. The minimum atomic E-state index is -0.999. The third-order valence-electron chi connectivity index (χ3n) is 1.39. The van der Waals surface area contributed by atoms with Crippen LogP contribution < -0.4 is 0 Å². The van der Waals surface area contributed by atoms with Gasteiger partial charge in [0, 0.05) is 5.56 Å². The topological polar surface area (TPSA) is 23.8 Å². The van der Waals surface area contributed by atoms with Gasteiger partial charge in [0.2, 0.25) is 0 Å². The summed E-state index contributed by atoms with van der Waals surface area (Å²) >= 11 is 10.9. The van der Waals surface area contributed by atoms with E-state index in [1.807, 2.05) is 6.07 Å². The largest absolute Gasteiger partial charge is 0.207 e. The summed E-state index contributed by atoms with van der Waals surface area (Å²) in [7, 11) is 0. The Morgan fingerprint density at radius 2 is 2.08 bits per heavy atom. The van der Waals surface area contributed by atoms with E-state index < -0.39 is 10.7 Å². The maximum atomic E-state index is 13.0. The van der Waals surface area contributed by atoms with Crippen LogP contribution in [0.5, 0.6) is 0 Å². The Morgan fingerprint density at radius 1 is 1.42 bits per heavy atom. The van der Waals surface area contributed by atoms with Crippen molar-refractivity contribution < 1.29 is 4.39 Å². The van der Waals surface area contributed by atoms with E-state index in [1.165, 1.54) is 18.2 Å². The Kier molecular flexibility index (Phi) is 2.91. The second kappa shape index (κ2) is 3.75. The summed E-state index contributed by atoms with van der Waals surface area (Å²) in [5.74, 6) is -0.552. The first-order valence-corrected chi connectivity index (χ1v) is 4.00.